The maximum absolute atomic E-state index is 11.4. The van der Waals surface area contributed by atoms with Crippen molar-refractivity contribution in [2.24, 2.45) is 5.10 Å². The lowest BCUT2D eigenvalue weighted by molar-refractivity contribution is -0.118. The van der Waals surface area contributed by atoms with E-state index in [0.29, 0.717) is 0 Å². The van der Waals surface area contributed by atoms with Crippen LogP contribution in [0.4, 0.5) is 4.79 Å². The van der Waals surface area contributed by atoms with Gasteiger partial charge in [-0.05, 0) is 12.0 Å². The number of H-pyrrole nitrogens is 1. The standard InChI is InChI=1S/C14H14N4O2/c1-2-9-4-3-5-11-10(6-15-13(9)11)7-16-18-8-12(19)17-14(18)20/h3-7,15H,2,8H2,1H3,(H,17,19,20). The van der Waals surface area contributed by atoms with Gasteiger partial charge < -0.3 is 4.98 Å². The van der Waals surface area contributed by atoms with E-state index in [9.17, 15) is 9.59 Å². The van der Waals surface area contributed by atoms with Gasteiger partial charge in [0.15, 0.2) is 0 Å². The lowest BCUT2D eigenvalue weighted by Crippen LogP contribution is -2.24. The molecule has 0 aliphatic carbocycles. The van der Waals surface area contributed by atoms with Crippen molar-refractivity contribution in [1.82, 2.24) is 15.3 Å². The fourth-order valence-electron chi connectivity index (χ4n) is 2.30. The molecule has 0 unspecified atom stereocenters. The first-order chi connectivity index (χ1) is 9.69. The number of benzene rings is 1. The Morgan fingerprint density at radius 1 is 1.40 bits per heavy atom. The largest absolute Gasteiger partial charge is 0.360 e. The molecule has 102 valence electrons. The predicted octanol–water partition coefficient (Wildman–Crippen LogP) is 1.62. The molecule has 1 aliphatic rings. The first-order valence-corrected chi connectivity index (χ1v) is 6.43. The number of hydrazone groups is 1. The van der Waals surface area contributed by atoms with Gasteiger partial charge in [0.05, 0.1) is 6.21 Å². The highest BCUT2D eigenvalue weighted by Gasteiger charge is 2.25. The van der Waals surface area contributed by atoms with Crippen molar-refractivity contribution >= 4 is 29.1 Å². The quantitative estimate of drug-likeness (QED) is 0.656. The second-order valence-electron chi connectivity index (χ2n) is 4.59. The zero-order chi connectivity index (χ0) is 14.1. The fourth-order valence-corrected chi connectivity index (χ4v) is 2.30. The molecular weight excluding hydrogens is 256 g/mol. The molecule has 1 aliphatic heterocycles. The van der Waals surface area contributed by atoms with Crippen molar-refractivity contribution in [2.45, 2.75) is 13.3 Å². The highest BCUT2D eigenvalue weighted by Crippen LogP contribution is 2.21. The number of carbonyl (C=O) groups is 2. The molecule has 2 N–H and O–H groups in total. The number of hydrogen-bond acceptors (Lipinski definition) is 3. The first-order valence-electron chi connectivity index (χ1n) is 6.43. The Kier molecular flexibility index (Phi) is 2.98. The minimum absolute atomic E-state index is 0.0299. The highest BCUT2D eigenvalue weighted by atomic mass is 16.2. The molecule has 1 aromatic carbocycles. The van der Waals surface area contributed by atoms with Gasteiger partial charge in [-0.2, -0.15) is 5.10 Å². The van der Waals surface area contributed by atoms with Crippen LogP contribution < -0.4 is 5.32 Å². The molecule has 1 fully saturated rings. The summed E-state index contributed by atoms with van der Waals surface area (Å²) < 4.78 is 0. The van der Waals surface area contributed by atoms with Crippen molar-refractivity contribution in [3.8, 4) is 0 Å². The predicted molar refractivity (Wildman–Crippen MR) is 75.5 cm³/mol. The molecule has 3 rings (SSSR count). The topological polar surface area (TPSA) is 77.6 Å². The smallest absolute Gasteiger partial charge is 0.344 e. The zero-order valence-corrected chi connectivity index (χ0v) is 11.0. The van der Waals surface area contributed by atoms with Crippen molar-refractivity contribution in [3.63, 3.8) is 0 Å². The van der Waals surface area contributed by atoms with Crippen LogP contribution in [0.1, 0.15) is 18.1 Å². The zero-order valence-electron chi connectivity index (χ0n) is 11.0. The molecule has 20 heavy (non-hydrogen) atoms. The first kappa shape index (κ1) is 12.4. The average molecular weight is 270 g/mol. The summed E-state index contributed by atoms with van der Waals surface area (Å²) >= 11 is 0. The molecule has 6 heteroatoms. The van der Waals surface area contributed by atoms with Gasteiger partial charge in [-0.1, -0.05) is 25.1 Å². The SMILES string of the molecule is CCc1cccc2c(C=NN3CC(=O)NC3=O)c[nH]c12. The van der Waals surface area contributed by atoms with E-state index in [2.05, 4.69) is 28.4 Å². The highest BCUT2D eigenvalue weighted by molar-refractivity contribution is 6.03. The Balaban J connectivity index is 1.92. The van der Waals surface area contributed by atoms with Crippen LogP contribution >= 0.6 is 0 Å². The lowest BCUT2D eigenvalue weighted by atomic mass is 10.1. The van der Waals surface area contributed by atoms with E-state index in [0.717, 1.165) is 27.9 Å². The van der Waals surface area contributed by atoms with E-state index in [1.54, 1.807) is 6.21 Å². The summed E-state index contributed by atoms with van der Waals surface area (Å²) in [6.07, 6.45) is 4.39. The second-order valence-corrected chi connectivity index (χ2v) is 4.59. The number of hydrogen-bond donors (Lipinski definition) is 2. The lowest BCUT2D eigenvalue weighted by Gasteiger charge is -2.03. The Hall–Kier alpha value is -2.63. The van der Waals surface area contributed by atoms with Crippen LogP contribution in [0.15, 0.2) is 29.5 Å². The van der Waals surface area contributed by atoms with Gasteiger partial charge in [-0.25, -0.2) is 9.80 Å². The number of aromatic nitrogens is 1. The molecule has 0 spiro atoms. The summed E-state index contributed by atoms with van der Waals surface area (Å²) in [5.74, 6) is -0.334. The van der Waals surface area contributed by atoms with Crippen LogP contribution in [-0.2, 0) is 11.2 Å². The van der Waals surface area contributed by atoms with Crippen LogP contribution in [0.2, 0.25) is 0 Å². The molecule has 3 amide bonds. The van der Waals surface area contributed by atoms with Crippen molar-refractivity contribution < 1.29 is 9.59 Å². The van der Waals surface area contributed by atoms with Crippen molar-refractivity contribution in [3.05, 3.63) is 35.5 Å². The number of carbonyl (C=O) groups excluding carboxylic acids is 2. The number of amides is 3. The molecule has 0 atom stereocenters. The van der Waals surface area contributed by atoms with Gasteiger partial charge in [0.1, 0.15) is 6.54 Å². The Morgan fingerprint density at radius 2 is 2.25 bits per heavy atom. The monoisotopic (exact) mass is 270 g/mol. The summed E-state index contributed by atoms with van der Waals surface area (Å²) in [4.78, 5) is 25.7. The summed E-state index contributed by atoms with van der Waals surface area (Å²) in [6, 6.07) is 5.59. The summed E-state index contributed by atoms with van der Waals surface area (Å²) in [5.41, 5.74) is 3.21. The molecule has 2 aromatic rings. The van der Waals surface area contributed by atoms with Gasteiger partial charge in [-0.3, -0.25) is 10.1 Å². The third-order valence-electron chi connectivity index (χ3n) is 3.33. The average Bonchev–Trinajstić information content (AvgIpc) is 2.99. The minimum atomic E-state index is -0.486. The minimum Gasteiger partial charge on any atom is -0.360 e. The number of imide groups is 1. The van der Waals surface area contributed by atoms with Gasteiger partial charge >= 0.3 is 6.03 Å². The van der Waals surface area contributed by atoms with Crippen molar-refractivity contribution in [2.75, 3.05) is 6.54 Å². The normalized spacial score (nSPS) is 15.6. The molecular formula is C14H14N4O2. The van der Waals surface area contributed by atoms with Crippen LogP contribution in [0.25, 0.3) is 10.9 Å². The van der Waals surface area contributed by atoms with Gasteiger partial charge in [0.2, 0.25) is 5.91 Å². The number of para-hydroxylation sites is 1. The van der Waals surface area contributed by atoms with E-state index < -0.39 is 6.03 Å². The third kappa shape index (κ3) is 2.05. The molecule has 1 aromatic heterocycles. The molecule has 0 saturated carbocycles. The molecule has 0 radical (unpaired) electrons. The second kappa shape index (κ2) is 4.80. The number of rotatable bonds is 3. The molecule has 2 heterocycles. The third-order valence-corrected chi connectivity index (χ3v) is 3.33. The Labute approximate surface area is 115 Å². The van der Waals surface area contributed by atoms with Crippen molar-refractivity contribution in [1.29, 1.82) is 0 Å². The summed E-state index contributed by atoms with van der Waals surface area (Å²) in [7, 11) is 0. The van der Waals surface area contributed by atoms with E-state index in [-0.39, 0.29) is 12.5 Å². The number of aryl methyl sites for hydroxylation is 1. The Bertz CT molecular complexity index is 717. The maximum Gasteiger partial charge on any atom is 0.344 e. The maximum atomic E-state index is 11.4. The number of urea groups is 1. The Morgan fingerprint density at radius 3 is 2.95 bits per heavy atom. The van der Waals surface area contributed by atoms with Gasteiger partial charge in [0.25, 0.3) is 0 Å². The van der Waals surface area contributed by atoms with Crippen LogP contribution in [0, 0.1) is 0 Å². The van der Waals surface area contributed by atoms with E-state index >= 15 is 0 Å². The van der Waals surface area contributed by atoms with Gasteiger partial charge in [-0.15, -0.1) is 0 Å². The van der Waals surface area contributed by atoms with Crippen LogP contribution in [-0.4, -0.2) is 34.7 Å². The van der Waals surface area contributed by atoms with E-state index in [4.69, 9.17) is 0 Å². The van der Waals surface area contributed by atoms with Crippen LogP contribution in [0.3, 0.4) is 0 Å². The van der Waals surface area contributed by atoms with Gasteiger partial charge in [0, 0.05) is 22.7 Å². The van der Waals surface area contributed by atoms with E-state index in [1.807, 2.05) is 18.3 Å². The van der Waals surface area contributed by atoms with Crippen LogP contribution in [0.5, 0.6) is 0 Å². The molecule has 0 bridgehead atoms. The number of nitrogens with zero attached hydrogens (tertiary/aromatic N) is 2. The number of aromatic amines is 1. The van der Waals surface area contributed by atoms with E-state index in [1.165, 1.54) is 5.56 Å². The fraction of sp³-hybridized carbons (Fsp3) is 0.214. The summed E-state index contributed by atoms with van der Waals surface area (Å²) in [6.45, 7) is 2.07. The summed E-state index contributed by atoms with van der Waals surface area (Å²) in [5, 5.41) is 8.41. The molecule has 6 nitrogen and oxygen atoms in total. The number of fused-ring (bicyclic) bond motifs is 1. The molecule has 1 saturated heterocycles. The number of nitrogens with one attached hydrogen (secondary N) is 2.